The van der Waals surface area contributed by atoms with Gasteiger partial charge in [0.25, 0.3) is 11.8 Å². The molecule has 0 heterocycles. The second-order valence-electron chi connectivity index (χ2n) is 7.40. The van der Waals surface area contributed by atoms with Gasteiger partial charge in [-0.05, 0) is 40.2 Å². The van der Waals surface area contributed by atoms with E-state index in [-0.39, 0.29) is 41.9 Å². The fraction of sp³-hybridized carbons (Fsp3) is 0.556. The summed E-state index contributed by atoms with van der Waals surface area (Å²) in [6.07, 6.45) is 0. The second kappa shape index (κ2) is 9.31. The molecule has 1 rings (SSSR count). The summed E-state index contributed by atoms with van der Waals surface area (Å²) in [5.41, 5.74) is 0.508. The van der Waals surface area contributed by atoms with Crippen LogP contribution in [0.1, 0.15) is 33.3 Å². The highest BCUT2D eigenvalue weighted by Crippen LogP contribution is 2.32. The Morgan fingerprint density at radius 1 is 1.22 bits per heavy atom. The zero-order valence-corrected chi connectivity index (χ0v) is 16.8. The van der Waals surface area contributed by atoms with Gasteiger partial charge in [0.05, 0.1) is 18.6 Å². The van der Waals surface area contributed by atoms with Crippen molar-refractivity contribution in [2.75, 3.05) is 32.1 Å². The van der Waals surface area contributed by atoms with Crippen molar-refractivity contribution in [2.24, 2.45) is 0 Å². The molecule has 1 unspecified atom stereocenters. The van der Waals surface area contributed by atoms with Crippen LogP contribution in [0.15, 0.2) is 12.1 Å². The van der Waals surface area contributed by atoms with Crippen LogP contribution in [0, 0.1) is 17.0 Å². The van der Waals surface area contributed by atoms with Crippen molar-refractivity contribution >= 4 is 23.2 Å². The first-order valence-electron chi connectivity index (χ1n) is 8.74. The number of aryl methyl sites for hydroxylation is 1. The van der Waals surface area contributed by atoms with E-state index >= 15 is 0 Å². The predicted octanol–water partition coefficient (Wildman–Crippen LogP) is 0.670. The van der Waals surface area contributed by atoms with Crippen molar-refractivity contribution in [1.82, 2.24) is 5.32 Å². The van der Waals surface area contributed by atoms with Crippen LogP contribution in [0.5, 0.6) is 5.75 Å². The summed E-state index contributed by atoms with van der Waals surface area (Å²) in [4.78, 5) is 35.8. The van der Waals surface area contributed by atoms with E-state index in [0.29, 0.717) is 17.8 Å². The SMILES string of the molecule is CC[NH+](CC(=O)Nc1cc(OC)c([N+](=O)[O-])cc1C)CC(=O)NC(C)(C)C. The third-order valence-corrected chi connectivity index (χ3v) is 3.83. The van der Waals surface area contributed by atoms with E-state index in [4.69, 9.17) is 4.74 Å². The van der Waals surface area contributed by atoms with Crippen LogP contribution < -0.4 is 20.3 Å². The Balaban J connectivity index is 2.80. The largest absolute Gasteiger partial charge is 0.490 e. The lowest BCUT2D eigenvalue weighted by molar-refractivity contribution is -0.881. The van der Waals surface area contributed by atoms with E-state index in [9.17, 15) is 19.7 Å². The number of rotatable bonds is 8. The topological polar surface area (TPSA) is 115 Å². The average Bonchev–Trinajstić information content (AvgIpc) is 2.53. The zero-order valence-electron chi connectivity index (χ0n) is 16.8. The number of quaternary nitrogens is 1. The molecule has 0 fully saturated rings. The fourth-order valence-electron chi connectivity index (χ4n) is 2.54. The molecule has 0 bridgehead atoms. The van der Waals surface area contributed by atoms with Crippen LogP contribution in [0.2, 0.25) is 0 Å². The molecule has 9 heteroatoms. The third kappa shape index (κ3) is 7.22. The number of nitro benzene ring substituents is 1. The van der Waals surface area contributed by atoms with Gasteiger partial charge in [-0.3, -0.25) is 19.7 Å². The Morgan fingerprint density at radius 3 is 2.30 bits per heavy atom. The molecule has 1 aromatic rings. The monoisotopic (exact) mass is 381 g/mol. The number of nitrogens with one attached hydrogen (secondary N) is 3. The summed E-state index contributed by atoms with van der Waals surface area (Å²) in [7, 11) is 1.33. The molecule has 3 N–H and O–H groups in total. The van der Waals surface area contributed by atoms with Crippen LogP contribution in [-0.2, 0) is 9.59 Å². The first-order valence-corrected chi connectivity index (χ1v) is 8.74. The number of hydrogen-bond donors (Lipinski definition) is 3. The maximum atomic E-state index is 12.4. The van der Waals surface area contributed by atoms with Gasteiger partial charge in [0.15, 0.2) is 18.8 Å². The van der Waals surface area contributed by atoms with Crippen molar-refractivity contribution < 1.29 is 24.1 Å². The Bertz CT molecular complexity index is 712. The van der Waals surface area contributed by atoms with E-state index in [1.807, 2.05) is 27.7 Å². The number of likely N-dealkylation sites (N-methyl/N-ethyl adjacent to an activating group) is 1. The molecule has 0 saturated carbocycles. The van der Waals surface area contributed by atoms with E-state index in [1.54, 1.807) is 6.92 Å². The minimum atomic E-state index is -0.533. The lowest BCUT2D eigenvalue weighted by Crippen LogP contribution is -3.14. The molecular weight excluding hydrogens is 352 g/mol. The van der Waals surface area contributed by atoms with Crippen LogP contribution >= 0.6 is 0 Å². The summed E-state index contributed by atoms with van der Waals surface area (Å²) in [6, 6.07) is 2.79. The molecule has 0 spiro atoms. The molecule has 150 valence electrons. The summed E-state index contributed by atoms with van der Waals surface area (Å²) < 4.78 is 5.03. The number of methoxy groups -OCH3 is 1. The van der Waals surface area contributed by atoms with Gasteiger partial charge in [-0.2, -0.15) is 0 Å². The molecular formula is C18H29N4O5+. The second-order valence-corrected chi connectivity index (χ2v) is 7.40. The molecule has 0 radical (unpaired) electrons. The molecule has 0 aliphatic rings. The molecule has 1 atom stereocenters. The van der Waals surface area contributed by atoms with Gasteiger partial charge >= 0.3 is 5.69 Å². The standard InChI is InChI=1S/C18H28N4O5/c1-7-21(11-17(24)20-18(3,4)5)10-16(23)19-13-9-15(27-6)14(22(25)26)8-12(13)2/h8-9H,7,10-11H2,1-6H3,(H,19,23)(H,20,24)/p+1. The number of hydrogen-bond acceptors (Lipinski definition) is 5. The summed E-state index contributed by atoms with van der Waals surface area (Å²) in [5.74, 6) is -0.333. The van der Waals surface area contributed by atoms with Gasteiger partial charge in [0, 0.05) is 23.4 Å². The number of ether oxygens (including phenoxy) is 1. The smallest absolute Gasteiger partial charge is 0.311 e. The van der Waals surface area contributed by atoms with Gasteiger partial charge < -0.3 is 20.3 Å². The maximum Gasteiger partial charge on any atom is 0.311 e. The molecule has 27 heavy (non-hydrogen) atoms. The predicted molar refractivity (Wildman–Crippen MR) is 102 cm³/mol. The third-order valence-electron chi connectivity index (χ3n) is 3.83. The number of nitrogens with zero attached hydrogens (tertiary/aromatic N) is 1. The lowest BCUT2D eigenvalue weighted by atomic mass is 10.1. The number of carbonyl (C=O) groups is 2. The van der Waals surface area contributed by atoms with E-state index in [1.165, 1.54) is 19.2 Å². The van der Waals surface area contributed by atoms with Gasteiger partial charge in [-0.1, -0.05) is 0 Å². The minimum Gasteiger partial charge on any atom is -0.490 e. The molecule has 0 saturated heterocycles. The van der Waals surface area contributed by atoms with Crippen LogP contribution in [0.3, 0.4) is 0 Å². The summed E-state index contributed by atoms with van der Waals surface area (Å²) in [6.45, 7) is 10.1. The maximum absolute atomic E-state index is 12.4. The number of carbonyl (C=O) groups excluding carboxylic acids is 2. The fourth-order valence-corrected chi connectivity index (χ4v) is 2.54. The van der Waals surface area contributed by atoms with Crippen molar-refractivity contribution in [3.63, 3.8) is 0 Å². The molecule has 9 nitrogen and oxygen atoms in total. The quantitative estimate of drug-likeness (QED) is 0.452. The van der Waals surface area contributed by atoms with Crippen molar-refractivity contribution in [3.8, 4) is 5.75 Å². The van der Waals surface area contributed by atoms with Gasteiger partial charge in [-0.25, -0.2) is 0 Å². The first-order chi connectivity index (χ1) is 12.5. The normalized spacial score (nSPS) is 12.2. The summed E-state index contributed by atoms with van der Waals surface area (Å²) >= 11 is 0. The number of benzene rings is 1. The molecule has 2 amide bonds. The number of nitro groups is 1. The van der Waals surface area contributed by atoms with Crippen LogP contribution in [0.4, 0.5) is 11.4 Å². The highest BCUT2D eigenvalue weighted by atomic mass is 16.6. The van der Waals surface area contributed by atoms with Crippen molar-refractivity contribution in [1.29, 1.82) is 0 Å². The molecule has 0 aromatic heterocycles. The van der Waals surface area contributed by atoms with Gasteiger partial charge in [0.2, 0.25) is 0 Å². The average molecular weight is 381 g/mol. The van der Waals surface area contributed by atoms with E-state index in [2.05, 4.69) is 10.6 Å². The Hall–Kier alpha value is -2.68. The van der Waals surface area contributed by atoms with E-state index in [0.717, 1.165) is 4.90 Å². The Morgan fingerprint density at radius 2 is 1.81 bits per heavy atom. The Kier molecular flexibility index (Phi) is 7.71. The molecule has 1 aromatic carbocycles. The van der Waals surface area contributed by atoms with Crippen LogP contribution in [0.25, 0.3) is 0 Å². The Labute approximate surface area is 159 Å². The van der Waals surface area contributed by atoms with Crippen molar-refractivity contribution in [3.05, 3.63) is 27.8 Å². The zero-order chi connectivity index (χ0) is 20.8. The number of anilines is 1. The minimum absolute atomic E-state index is 0.0742. The first kappa shape index (κ1) is 22.4. The van der Waals surface area contributed by atoms with E-state index < -0.39 is 4.92 Å². The van der Waals surface area contributed by atoms with Crippen molar-refractivity contribution in [2.45, 2.75) is 40.2 Å². The summed E-state index contributed by atoms with van der Waals surface area (Å²) in [5, 5.41) is 16.7. The molecule has 0 aliphatic carbocycles. The lowest BCUT2D eigenvalue weighted by Gasteiger charge is -2.23. The number of amides is 2. The highest BCUT2D eigenvalue weighted by molar-refractivity contribution is 5.93. The highest BCUT2D eigenvalue weighted by Gasteiger charge is 2.22. The van der Waals surface area contributed by atoms with Gasteiger partial charge in [0.1, 0.15) is 0 Å². The molecule has 0 aliphatic heterocycles. The van der Waals surface area contributed by atoms with Crippen LogP contribution in [-0.4, -0.2) is 49.0 Å². The van der Waals surface area contributed by atoms with Gasteiger partial charge in [-0.15, -0.1) is 0 Å².